The van der Waals surface area contributed by atoms with E-state index in [2.05, 4.69) is 23.2 Å². The van der Waals surface area contributed by atoms with E-state index in [9.17, 15) is 9.90 Å². The first-order chi connectivity index (χ1) is 14.5. The van der Waals surface area contributed by atoms with Crippen LogP contribution in [0.25, 0.3) is 11.0 Å². The smallest absolute Gasteiger partial charge is 0.200 e. The van der Waals surface area contributed by atoms with E-state index in [0.29, 0.717) is 28.9 Å². The fourth-order valence-corrected chi connectivity index (χ4v) is 5.15. The third-order valence-electron chi connectivity index (χ3n) is 6.67. The number of fused-ring (bicyclic) bond motifs is 3. The van der Waals surface area contributed by atoms with Crippen LogP contribution in [0.1, 0.15) is 55.3 Å². The molecular formula is C25H28N2O3. The quantitative estimate of drug-likeness (QED) is 0.633. The number of hydrogen-bond acceptors (Lipinski definition) is 5. The van der Waals surface area contributed by atoms with Crippen molar-refractivity contribution in [3.63, 3.8) is 0 Å². The Labute approximate surface area is 176 Å². The monoisotopic (exact) mass is 404 g/mol. The van der Waals surface area contributed by atoms with Crippen molar-refractivity contribution in [1.29, 1.82) is 0 Å². The minimum atomic E-state index is -0.0885. The third-order valence-corrected chi connectivity index (χ3v) is 6.67. The molecule has 3 aromatic rings. The van der Waals surface area contributed by atoms with Crippen LogP contribution in [0.2, 0.25) is 0 Å². The van der Waals surface area contributed by atoms with Crippen LogP contribution in [-0.4, -0.2) is 17.2 Å². The van der Waals surface area contributed by atoms with Gasteiger partial charge >= 0.3 is 0 Å². The van der Waals surface area contributed by atoms with E-state index < -0.39 is 0 Å². The molecule has 2 bridgehead atoms. The van der Waals surface area contributed by atoms with Gasteiger partial charge in [0.1, 0.15) is 5.58 Å². The largest absolute Gasteiger partial charge is 0.440 e. The Morgan fingerprint density at radius 3 is 2.70 bits per heavy atom. The summed E-state index contributed by atoms with van der Waals surface area (Å²) in [5.74, 6) is 0.710. The Hall–Kier alpha value is -2.79. The number of hydrogen-bond donors (Lipinski definition) is 2. The lowest BCUT2D eigenvalue weighted by atomic mass is 9.80. The van der Waals surface area contributed by atoms with Crippen LogP contribution >= 0.6 is 0 Å². The molecular weight excluding hydrogens is 376 g/mol. The van der Waals surface area contributed by atoms with Gasteiger partial charge in [0, 0.05) is 35.0 Å². The van der Waals surface area contributed by atoms with Crippen molar-refractivity contribution in [2.45, 2.75) is 64.3 Å². The second kappa shape index (κ2) is 7.47. The number of anilines is 2. The topological polar surface area (TPSA) is 65.7 Å². The minimum absolute atomic E-state index is 0.0177. The highest BCUT2D eigenvalue weighted by Gasteiger charge is 2.42. The zero-order valence-corrected chi connectivity index (χ0v) is 17.5. The molecule has 0 saturated carbocycles. The molecule has 2 aliphatic rings. The summed E-state index contributed by atoms with van der Waals surface area (Å²) in [4.78, 5) is 15.3. The molecule has 5 rings (SSSR count). The molecule has 0 aliphatic carbocycles. The molecule has 3 heterocycles. The molecule has 5 nitrogen and oxygen atoms in total. The average Bonchev–Trinajstić information content (AvgIpc) is 2.74. The van der Waals surface area contributed by atoms with Crippen LogP contribution in [0.4, 0.5) is 11.6 Å². The normalized spacial score (nSPS) is 21.4. The van der Waals surface area contributed by atoms with Gasteiger partial charge in [0.05, 0.1) is 18.0 Å². The Morgan fingerprint density at radius 1 is 1.20 bits per heavy atom. The fourth-order valence-electron chi connectivity index (χ4n) is 5.15. The maximum atomic E-state index is 13.0. The average molecular weight is 405 g/mol. The van der Waals surface area contributed by atoms with Gasteiger partial charge < -0.3 is 19.7 Å². The maximum Gasteiger partial charge on any atom is 0.200 e. The van der Waals surface area contributed by atoms with Crippen LogP contribution in [0.3, 0.4) is 0 Å². The highest BCUT2D eigenvalue weighted by atomic mass is 16.4. The number of piperidine rings is 1. The van der Waals surface area contributed by atoms with Crippen LogP contribution in [0.15, 0.2) is 51.7 Å². The highest BCUT2D eigenvalue weighted by molar-refractivity contribution is 5.83. The molecule has 2 saturated heterocycles. The number of nitrogens with one attached hydrogen (secondary N) is 1. The van der Waals surface area contributed by atoms with Crippen molar-refractivity contribution in [2.75, 3.05) is 10.2 Å². The molecule has 3 unspecified atom stereocenters. The van der Waals surface area contributed by atoms with Crippen LogP contribution in [0, 0.1) is 6.92 Å². The predicted octanol–water partition coefficient (Wildman–Crippen LogP) is 4.90. The Kier molecular flexibility index (Phi) is 4.78. The van der Waals surface area contributed by atoms with Crippen LogP contribution in [0.5, 0.6) is 0 Å². The molecule has 156 valence electrons. The van der Waals surface area contributed by atoms with Gasteiger partial charge in [0.25, 0.3) is 0 Å². The van der Waals surface area contributed by atoms with Gasteiger partial charge in [-0.25, -0.2) is 0 Å². The van der Waals surface area contributed by atoms with E-state index in [1.807, 2.05) is 37.3 Å². The van der Waals surface area contributed by atoms with E-state index in [4.69, 9.17) is 4.42 Å². The summed E-state index contributed by atoms with van der Waals surface area (Å²) in [6, 6.07) is 14.3. The lowest BCUT2D eigenvalue weighted by Crippen LogP contribution is -2.59. The first kappa shape index (κ1) is 19.2. The Balaban J connectivity index is 1.58. The molecule has 3 atom stereocenters. The van der Waals surface area contributed by atoms with Gasteiger partial charge in [-0.3, -0.25) is 4.79 Å². The van der Waals surface area contributed by atoms with Gasteiger partial charge in [0.15, 0.2) is 5.43 Å². The van der Waals surface area contributed by atoms with E-state index in [-0.39, 0.29) is 18.1 Å². The highest BCUT2D eigenvalue weighted by Crippen LogP contribution is 2.42. The van der Waals surface area contributed by atoms with Gasteiger partial charge in [-0.15, -0.1) is 0 Å². The van der Waals surface area contributed by atoms with Crippen LogP contribution < -0.4 is 15.6 Å². The summed E-state index contributed by atoms with van der Waals surface area (Å²) in [5, 5.41) is 13.8. The van der Waals surface area contributed by atoms with E-state index in [0.717, 1.165) is 22.4 Å². The second-order valence-corrected chi connectivity index (χ2v) is 8.74. The fraction of sp³-hybridized carbons (Fsp3) is 0.400. The van der Waals surface area contributed by atoms with E-state index in [1.54, 1.807) is 6.07 Å². The SMILES string of the molecule is Cc1cc(C(C)Nc2ccccc2CO)c2oc(N3C4CCCC3C4)cc(=O)c2c1. The molecule has 2 aromatic carbocycles. The number of aliphatic hydroxyl groups is 1. The maximum absolute atomic E-state index is 13.0. The predicted molar refractivity (Wildman–Crippen MR) is 120 cm³/mol. The molecule has 1 aromatic heterocycles. The van der Waals surface area contributed by atoms with Crippen molar-refractivity contribution in [3.8, 4) is 0 Å². The third kappa shape index (κ3) is 3.18. The van der Waals surface area contributed by atoms with Crippen molar-refractivity contribution in [3.05, 3.63) is 69.4 Å². The first-order valence-corrected chi connectivity index (χ1v) is 10.9. The van der Waals surface area contributed by atoms with Crippen molar-refractivity contribution in [1.82, 2.24) is 0 Å². The Morgan fingerprint density at radius 2 is 1.97 bits per heavy atom. The number of aryl methyl sites for hydroxylation is 1. The molecule has 0 amide bonds. The number of aliphatic hydroxyl groups excluding tert-OH is 1. The van der Waals surface area contributed by atoms with Gasteiger partial charge in [-0.1, -0.05) is 24.3 Å². The molecule has 0 spiro atoms. The van der Waals surface area contributed by atoms with Gasteiger partial charge in [0.2, 0.25) is 5.88 Å². The van der Waals surface area contributed by atoms with Gasteiger partial charge in [-0.05, 0) is 57.2 Å². The number of benzene rings is 2. The van der Waals surface area contributed by atoms with Crippen molar-refractivity contribution < 1.29 is 9.52 Å². The standard InChI is InChI=1S/C25H28N2O3/c1-15-10-20(16(2)26-22-9-4-3-6-17(22)14-28)25-21(11-15)23(29)13-24(30-25)27-18-7-5-8-19(27)12-18/h3-4,6,9-11,13,16,18-19,26,28H,5,7-8,12,14H2,1-2H3. The van der Waals surface area contributed by atoms with Crippen molar-refractivity contribution >= 4 is 22.5 Å². The van der Waals surface area contributed by atoms with Gasteiger partial charge in [-0.2, -0.15) is 0 Å². The molecule has 0 radical (unpaired) electrons. The molecule has 2 N–H and O–H groups in total. The summed E-state index contributed by atoms with van der Waals surface area (Å²) in [6.45, 7) is 4.04. The zero-order chi connectivity index (χ0) is 20.8. The Bertz CT molecular complexity index is 1140. The number of para-hydroxylation sites is 1. The first-order valence-electron chi connectivity index (χ1n) is 10.9. The number of nitrogens with zero attached hydrogens (tertiary/aromatic N) is 1. The zero-order valence-electron chi connectivity index (χ0n) is 17.5. The lowest BCUT2D eigenvalue weighted by Gasteiger charge is -2.53. The lowest BCUT2D eigenvalue weighted by molar-refractivity contribution is 0.230. The minimum Gasteiger partial charge on any atom is -0.440 e. The summed E-state index contributed by atoms with van der Waals surface area (Å²) in [7, 11) is 0. The summed E-state index contributed by atoms with van der Waals surface area (Å²) >= 11 is 0. The second-order valence-electron chi connectivity index (χ2n) is 8.74. The number of rotatable bonds is 5. The van der Waals surface area contributed by atoms with E-state index >= 15 is 0 Å². The molecule has 5 heteroatoms. The van der Waals surface area contributed by atoms with Crippen molar-refractivity contribution in [2.24, 2.45) is 0 Å². The summed E-state index contributed by atoms with van der Waals surface area (Å²) in [6.07, 6.45) is 4.82. The summed E-state index contributed by atoms with van der Waals surface area (Å²) < 4.78 is 6.42. The van der Waals surface area contributed by atoms with E-state index in [1.165, 1.54) is 25.7 Å². The molecule has 2 fully saturated rings. The van der Waals surface area contributed by atoms with Crippen LogP contribution in [-0.2, 0) is 6.61 Å². The summed E-state index contributed by atoms with van der Waals surface area (Å²) in [5.41, 5.74) is 4.40. The molecule has 2 aliphatic heterocycles. The molecule has 30 heavy (non-hydrogen) atoms.